The second-order valence-corrected chi connectivity index (χ2v) is 4.13. The summed E-state index contributed by atoms with van der Waals surface area (Å²) in [6.45, 7) is 3.16. The summed E-state index contributed by atoms with van der Waals surface area (Å²) in [4.78, 5) is 22.2. The summed E-state index contributed by atoms with van der Waals surface area (Å²) in [6, 6.07) is -1.22. The second-order valence-electron chi connectivity index (χ2n) is 4.13. The third-order valence-electron chi connectivity index (χ3n) is 2.49. The molecule has 0 rings (SSSR count). The number of carbonyl (C=O) groups is 2. The third-order valence-corrected chi connectivity index (χ3v) is 2.49. The molecule has 18 heavy (non-hydrogen) atoms. The highest BCUT2D eigenvalue weighted by Crippen LogP contribution is 1.97. The number of carbonyl (C=O) groups excluding carboxylic acids is 1. The highest BCUT2D eigenvalue weighted by atomic mass is 16.5. The first kappa shape index (κ1) is 16.7. The van der Waals surface area contributed by atoms with Crippen molar-refractivity contribution in [2.45, 2.75) is 45.1 Å². The zero-order valence-electron chi connectivity index (χ0n) is 11.2. The third kappa shape index (κ3) is 8.81. The molecule has 6 heteroatoms. The monoisotopic (exact) mass is 260 g/mol. The summed E-state index contributed by atoms with van der Waals surface area (Å²) in [7, 11) is 1.66. The molecule has 1 atom stereocenters. The van der Waals surface area contributed by atoms with Crippen LogP contribution in [0.3, 0.4) is 0 Å². The van der Waals surface area contributed by atoms with Gasteiger partial charge >= 0.3 is 12.0 Å². The zero-order chi connectivity index (χ0) is 13.8. The van der Waals surface area contributed by atoms with Crippen LogP contribution in [0.5, 0.6) is 0 Å². The molecule has 0 fully saturated rings. The van der Waals surface area contributed by atoms with E-state index in [1.807, 2.05) is 6.92 Å². The fourth-order valence-corrected chi connectivity index (χ4v) is 1.51. The molecule has 3 N–H and O–H groups in total. The number of amides is 2. The fourth-order valence-electron chi connectivity index (χ4n) is 1.51. The number of nitrogens with one attached hydrogen (secondary N) is 2. The first-order valence-corrected chi connectivity index (χ1v) is 6.38. The van der Waals surface area contributed by atoms with Crippen molar-refractivity contribution in [3.8, 4) is 0 Å². The first-order chi connectivity index (χ1) is 8.61. The molecule has 0 aromatic rings. The molecule has 0 aliphatic heterocycles. The Morgan fingerprint density at radius 2 is 2.00 bits per heavy atom. The SMILES string of the molecule is CCCC(NC(=O)NCCCCCOC)C(=O)O. The van der Waals surface area contributed by atoms with E-state index in [0.29, 0.717) is 19.4 Å². The van der Waals surface area contributed by atoms with Gasteiger partial charge in [0.15, 0.2) is 0 Å². The second kappa shape index (κ2) is 10.8. The number of rotatable bonds is 10. The quantitative estimate of drug-likeness (QED) is 0.517. The van der Waals surface area contributed by atoms with E-state index in [9.17, 15) is 9.59 Å². The van der Waals surface area contributed by atoms with Crippen molar-refractivity contribution in [3.63, 3.8) is 0 Å². The van der Waals surface area contributed by atoms with Gasteiger partial charge in [-0.1, -0.05) is 13.3 Å². The summed E-state index contributed by atoms with van der Waals surface area (Å²) in [5, 5.41) is 14.0. The molecule has 0 aliphatic carbocycles. The molecule has 2 amide bonds. The van der Waals surface area contributed by atoms with E-state index in [1.54, 1.807) is 7.11 Å². The van der Waals surface area contributed by atoms with Crippen molar-refractivity contribution in [2.75, 3.05) is 20.3 Å². The highest BCUT2D eigenvalue weighted by molar-refractivity contribution is 5.82. The summed E-state index contributed by atoms with van der Waals surface area (Å²) in [5.41, 5.74) is 0. The van der Waals surface area contributed by atoms with Crippen LogP contribution in [0.2, 0.25) is 0 Å². The lowest BCUT2D eigenvalue weighted by molar-refractivity contribution is -0.139. The van der Waals surface area contributed by atoms with E-state index >= 15 is 0 Å². The van der Waals surface area contributed by atoms with Crippen molar-refractivity contribution < 1.29 is 19.4 Å². The number of aliphatic carboxylic acids is 1. The number of hydrogen-bond acceptors (Lipinski definition) is 3. The molecular formula is C12H24N2O4. The predicted molar refractivity (Wildman–Crippen MR) is 68.6 cm³/mol. The van der Waals surface area contributed by atoms with Crippen LogP contribution in [0.1, 0.15) is 39.0 Å². The van der Waals surface area contributed by atoms with Crippen molar-refractivity contribution in [1.29, 1.82) is 0 Å². The molecule has 0 saturated heterocycles. The van der Waals surface area contributed by atoms with Gasteiger partial charge in [-0.3, -0.25) is 0 Å². The molecule has 0 aromatic heterocycles. The number of unbranched alkanes of at least 4 members (excludes halogenated alkanes) is 2. The molecule has 1 unspecified atom stereocenters. The van der Waals surface area contributed by atoms with Crippen LogP contribution >= 0.6 is 0 Å². The van der Waals surface area contributed by atoms with Gasteiger partial charge in [0.1, 0.15) is 6.04 Å². The Labute approximate surface area is 108 Å². The lowest BCUT2D eigenvalue weighted by Gasteiger charge is -2.14. The van der Waals surface area contributed by atoms with E-state index in [-0.39, 0.29) is 0 Å². The summed E-state index contributed by atoms with van der Waals surface area (Å²) in [6.07, 6.45) is 3.96. The van der Waals surface area contributed by atoms with Crippen LogP contribution in [0, 0.1) is 0 Å². The van der Waals surface area contributed by atoms with Gasteiger partial charge in [-0.25, -0.2) is 9.59 Å². The molecular weight excluding hydrogens is 236 g/mol. The number of ether oxygens (including phenoxy) is 1. The van der Waals surface area contributed by atoms with Crippen LogP contribution in [-0.4, -0.2) is 43.4 Å². The topological polar surface area (TPSA) is 87.7 Å². The molecule has 0 aliphatic rings. The molecule has 106 valence electrons. The minimum absolute atomic E-state index is 0.414. The van der Waals surface area contributed by atoms with Crippen molar-refractivity contribution >= 4 is 12.0 Å². The van der Waals surface area contributed by atoms with Gasteiger partial charge in [0.05, 0.1) is 0 Å². The molecule has 0 saturated carbocycles. The number of urea groups is 1. The maximum Gasteiger partial charge on any atom is 0.326 e. The summed E-state index contributed by atoms with van der Waals surface area (Å²) in [5.74, 6) is -0.993. The lowest BCUT2D eigenvalue weighted by Crippen LogP contribution is -2.46. The number of hydrogen-bond donors (Lipinski definition) is 3. The van der Waals surface area contributed by atoms with E-state index in [4.69, 9.17) is 9.84 Å². The molecule has 0 spiro atoms. The summed E-state index contributed by atoms with van der Waals surface area (Å²) < 4.78 is 4.91. The van der Waals surface area contributed by atoms with E-state index < -0.39 is 18.0 Å². The Balaban J connectivity index is 3.65. The van der Waals surface area contributed by atoms with Crippen molar-refractivity contribution in [2.24, 2.45) is 0 Å². The van der Waals surface area contributed by atoms with Gasteiger partial charge in [-0.2, -0.15) is 0 Å². The van der Waals surface area contributed by atoms with Crippen LogP contribution in [0.25, 0.3) is 0 Å². The van der Waals surface area contributed by atoms with Crippen LogP contribution < -0.4 is 10.6 Å². The Kier molecular flexibility index (Phi) is 10.0. The van der Waals surface area contributed by atoms with Crippen LogP contribution in [0.4, 0.5) is 4.79 Å². The Hall–Kier alpha value is -1.30. The molecule has 0 bridgehead atoms. The van der Waals surface area contributed by atoms with E-state index in [2.05, 4.69) is 10.6 Å². The standard InChI is InChI=1S/C12H24N2O4/c1-3-7-10(11(15)16)14-12(17)13-8-5-4-6-9-18-2/h10H,3-9H2,1-2H3,(H,15,16)(H2,13,14,17). The maximum atomic E-state index is 11.4. The van der Waals surface area contributed by atoms with Crippen LogP contribution in [0.15, 0.2) is 0 Å². The molecule has 6 nitrogen and oxygen atoms in total. The number of methoxy groups -OCH3 is 1. The lowest BCUT2D eigenvalue weighted by atomic mass is 10.2. The minimum Gasteiger partial charge on any atom is -0.480 e. The zero-order valence-corrected chi connectivity index (χ0v) is 11.2. The van der Waals surface area contributed by atoms with E-state index in [0.717, 1.165) is 25.9 Å². The Morgan fingerprint density at radius 1 is 1.28 bits per heavy atom. The maximum absolute atomic E-state index is 11.4. The molecule has 0 heterocycles. The number of carboxylic acid groups (broad SMARTS) is 1. The minimum atomic E-state index is -0.993. The summed E-state index contributed by atoms with van der Waals surface area (Å²) >= 11 is 0. The predicted octanol–water partition coefficient (Wildman–Crippen LogP) is 1.36. The fraction of sp³-hybridized carbons (Fsp3) is 0.833. The average molecular weight is 260 g/mol. The molecule has 0 aromatic carbocycles. The largest absolute Gasteiger partial charge is 0.480 e. The number of carboxylic acids is 1. The van der Waals surface area contributed by atoms with Gasteiger partial charge in [0, 0.05) is 20.3 Å². The van der Waals surface area contributed by atoms with Crippen LogP contribution in [-0.2, 0) is 9.53 Å². The average Bonchev–Trinajstić information content (AvgIpc) is 2.33. The first-order valence-electron chi connectivity index (χ1n) is 6.38. The molecule has 0 radical (unpaired) electrons. The van der Waals surface area contributed by atoms with Gasteiger partial charge in [-0.15, -0.1) is 0 Å². The smallest absolute Gasteiger partial charge is 0.326 e. The normalized spacial score (nSPS) is 11.9. The van der Waals surface area contributed by atoms with Crippen molar-refractivity contribution in [3.05, 3.63) is 0 Å². The van der Waals surface area contributed by atoms with Gasteiger partial charge < -0.3 is 20.5 Å². The van der Waals surface area contributed by atoms with Crippen molar-refractivity contribution in [1.82, 2.24) is 10.6 Å². The van der Waals surface area contributed by atoms with Gasteiger partial charge in [-0.05, 0) is 25.7 Å². The Morgan fingerprint density at radius 3 is 2.56 bits per heavy atom. The Bertz CT molecular complexity index is 246. The van der Waals surface area contributed by atoms with Gasteiger partial charge in [0.2, 0.25) is 0 Å². The van der Waals surface area contributed by atoms with E-state index in [1.165, 1.54) is 0 Å². The van der Waals surface area contributed by atoms with Gasteiger partial charge in [0.25, 0.3) is 0 Å². The highest BCUT2D eigenvalue weighted by Gasteiger charge is 2.17.